The first-order valence-corrected chi connectivity index (χ1v) is 9.60. The van der Waals surface area contributed by atoms with Crippen molar-refractivity contribution in [1.82, 2.24) is 19.9 Å². The Morgan fingerprint density at radius 3 is 3.07 bits per heavy atom. The molecule has 2 aromatic carbocycles. The number of carbonyl (C=O) groups is 1. The summed E-state index contributed by atoms with van der Waals surface area (Å²) in [5.74, 6) is 0.829. The Morgan fingerprint density at radius 2 is 2.17 bits per heavy atom. The number of H-pyrrole nitrogens is 1. The number of anilines is 2. The van der Waals surface area contributed by atoms with E-state index < -0.39 is 0 Å². The van der Waals surface area contributed by atoms with Crippen LogP contribution in [-0.2, 0) is 0 Å². The topological polar surface area (TPSA) is 107 Å². The number of aromatic nitrogens is 4. The van der Waals surface area contributed by atoms with Crippen LogP contribution in [0.25, 0.3) is 21.9 Å². The number of phenolic OH excluding ortho intramolecular Hbond substituents is 1. The zero-order chi connectivity index (χ0) is 19.8. The van der Waals surface area contributed by atoms with Gasteiger partial charge in [0.25, 0.3) is 0 Å². The van der Waals surface area contributed by atoms with Gasteiger partial charge in [0.15, 0.2) is 17.8 Å². The van der Waals surface area contributed by atoms with E-state index in [4.69, 9.17) is 0 Å². The molecule has 4 aromatic rings. The quantitative estimate of drug-likeness (QED) is 0.451. The number of imidazole rings is 1. The van der Waals surface area contributed by atoms with Gasteiger partial charge < -0.3 is 20.3 Å². The lowest BCUT2D eigenvalue weighted by molar-refractivity contribution is 0.112. The summed E-state index contributed by atoms with van der Waals surface area (Å²) in [6.45, 7) is 1.59. The molecule has 0 radical (unpaired) electrons. The minimum absolute atomic E-state index is 0.00819. The van der Waals surface area contributed by atoms with Crippen LogP contribution in [0.5, 0.6) is 5.75 Å². The molecule has 1 atom stereocenters. The van der Waals surface area contributed by atoms with Crippen molar-refractivity contribution in [3.63, 3.8) is 0 Å². The first kappa shape index (κ1) is 17.4. The minimum Gasteiger partial charge on any atom is -0.507 e. The Bertz CT molecular complexity index is 1200. The van der Waals surface area contributed by atoms with Gasteiger partial charge in [0, 0.05) is 30.2 Å². The van der Waals surface area contributed by atoms with Crippen molar-refractivity contribution in [2.75, 3.05) is 23.3 Å². The summed E-state index contributed by atoms with van der Waals surface area (Å²) >= 11 is 0. The lowest BCUT2D eigenvalue weighted by Crippen LogP contribution is -2.35. The van der Waals surface area contributed by atoms with Crippen LogP contribution < -0.4 is 10.2 Å². The molecule has 1 aliphatic rings. The molecule has 0 saturated carbocycles. The third kappa shape index (κ3) is 2.93. The van der Waals surface area contributed by atoms with Crippen LogP contribution in [0, 0.1) is 0 Å². The number of phenols is 1. The van der Waals surface area contributed by atoms with E-state index in [1.807, 2.05) is 24.3 Å². The van der Waals surface area contributed by atoms with E-state index in [0.717, 1.165) is 52.8 Å². The highest BCUT2D eigenvalue weighted by molar-refractivity contribution is 6.07. The molecule has 8 heteroatoms. The lowest BCUT2D eigenvalue weighted by Gasteiger charge is -2.26. The van der Waals surface area contributed by atoms with Gasteiger partial charge in [-0.2, -0.15) is 0 Å². The van der Waals surface area contributed by atoms with Gasteiger partial charge in [0.2, 0.25) is 0 Å². The average Bonchev–Trinajstić information content (AvgIpc) is 3.41. The summed E-state index contributed by atoms with van der Waals surface area (Å²) in [5, 5.41) is 15.2. The summed E-state index contributed by atoms with van der Waals surface area (Å²) in [7, 11) is 0. The Balaban J connectivity index is 1.45. The highest BCUT2D eigenvalue weighted by atomic mass is 16.3. The maximum atomic E-state index is 11.6. The largest absolute Gasteiger partial charge is 0.507 e. The first-order valence-electron chi connectivity index (χ1n) is 9.60. The maximum absolute atomic E-state index is 11.6. The number of rotatable bonds is 5. The Morgan fingerprint density at radius 1 is 1.24 bits per heavy atom. The molecular weight excluding hydrogens is 368 g/mol. The predicted molar refractivity (Wildman–Crippen MR) is 112 cm³/mol. The molecule has 1 saturated heterocycles. The smallest absolute Gasteiger partial charge is 0.162 e. The lowest BCUT2D eigenvalue weighted by atomic mass is 10.0. The molecular formula is C21H20N6O2. The minimum atomic E-state index is -0.00819. The highest BCUT2D eigenvalue weighted by Gasteiger charge is 2.28. The van der Waals surface area contributed by atoms with Gasteiger partial charge in [-0.25, -0.2) is 15.0 Å². The van der Waals surface area contributed by atoms with E-state index in [0.29, 0.717) is 18.4 Å². The fourth-order valence-electron chi connectivity index (χ4n) is 4.18. The molecule has 0 aliphatic carbocycles. The van der Waals surface area contributed by atoms with Crippen molar-refractivity contribution in [2.45, 2.75) is 18.9 Å². The van der Waals surface area contributed by atoms with Crippen molar-refractivity contribution < 1.29 is 9.90 Å². The number of aldehydes is 1. The third-order valence-corrected chi connectivity index (χ3v) is 5.56. The SMILES string of the molecule is O=Cc1c(O)ccc2cccc(NC[C@H]3CCCN3c3ncnc4[nH]cnc34)c12. The fourth-order valence-corrected chi connectivity index (χ4v) is 4.18. The van der Waals surface area contributed by atoms with E-state index in [1.54, 1.807) is 18.7 Å². The van der Waals surface area contributed by atoms with Crippen LogP contribution in [0.4, 0.5) is 11.5 Å². The second kappa shape index (κ2) is 7.05. The molecule has 146 valence electrons. The monoisotopic (exact) mass is 388 g/mol. The van der Waals surface area contributed by atoms with Crippen LogP contribution in [0.2, 0.25) is 0 Å². The van der Waals surface area contributed by atoms with Crippen molar-refractivity contribution in [3.05, 3.63) is 48.5 Å². The number of hydrogen-bond acceptors (Lipinski definition) is 7. The van der Waals surface area contributed by atoms with Crippen LogP contribution in [0.1, 0.15) is 23.2 Å². The standard InChI is InChI=1S/C21H20N6O2/c28-10-15-17(29)7-6-13-3-1-5-16(18(13)15)22-9-14-4-2-8-27(14)21-19-20(24-11-23-19)25-12-26-21/h1,3,5-7,10-12,14,22,29H,2,4,8-9H2,(H,23,24,25,26)/t14-/m1/s1. The average molecular weight is 388 g/mol. The number of hydrogen-bond donors (Lipinski definition) is 3. The maximum Gasteiger partial charge on any atom is 0.162 e. The van der Waals surface area contributed by atoms with Gasteiger partial charge in [-0.1, -0.05) is 18.2 Å². The van der Waals surface area contributed by atoms with Crippen LogP contribution in [0.15, 0.2) is 43.0 Å². The van der Waals surface area contributed by atoms with E-state index in [2.05, 4.69) is 30.2 Å². The zero-order valence-electron chi connectivity index (χ0n) is 15.7. The van der Waals surface area contributed by atoms with Crippen molar-refractivity contribution in [1.29, 1.82) is 0 Å². The molecule has 3 heterocycles. The normalized spacial score (nSPS) is 16.6. The molecule has 8 nitrogen and oxygen atoms in total. The number of carbonyl (C=O) groups excluding carboxylic acids is 1. The fraction of sp³-hybridized carbons (Fsp3) is 0.238. The van der Waals surface area contributed by atoms with Crippen LogP contribution >= 0.6 is 0 Å². The Hall–Kier alpha value is -3.68. The molecule has 2 aromatic heterocycles. The molecule has 0 spiro atoms. The number of aromatic hydroxyl groups is 1. The predicted octanol–water partition coefficient (Wildman–Crippen LogP) is 3.11. The molecule has 29 heavy (non-hydrogen) atoms. The van der Waals surface area contributed by atoms with Crippen LogP contribution in [0.3, 0.4) is 0 Å². The van der Waals surface area contributed by atoms with Crippen LogP contribution in [-0.4, -0.2) is 50.5 Å². The molecule has 5 rings (SSSR count). The molecule has 0 bridgehead atoms. The Labute approximate surface area is 166 Å². The summed E-state index contributed by atoms with van der Waals surface area (Å²) in [6.07, 6.45) is 6.00. The summed E-state index contributed by atoms with van der Waals surface area (Å²) in [6, 6.07) is 9.42. The summed E-state index contributed by atoms with van der Waals surface area (Å²) in [5.41, 5.74) is 2.65. The number of aromatic amines is 1. The van der Waals surface area contributed by atoms with Gasteiger partial charge in [0.1, 0.15) is 17.6 Å². The van der Waals surface area contributed by atoms with Crippen molar-refractivity contribution >= 4 is 39.7 Å². The van der Waals surface area contributed by atoms with Gasteiger partial charge in [0.05, 0.1) is 11.9 Å². The van der Waals surface area contributed by atoms with E-state index >= 15 is 0 Å². The molecule has 3 N–H and O–H groups in total. The van der Waals surface area contributed by atoms with Gasteiger partial charge in [-0.15, -0.1) is 0 Å². The highest BCUT2D eigenvalue weighted by Crippen LogP contribution is 2.33. The summed E-state index contributed by atoms with van der Waals surface area (Å²) < 4.78 is 0. The van der Waals surface area contributed by atoms with E-state index in [-0.39, 0.29) is 11.8 Å². The van der Waals surface area contributed by atoms with Crippen molar-refractivity contribution in [3.8, 4) is 5.75 Å². The van der Waals surface area contributed by atoms with Gasteiger partial charge >= 0.3 is 0 Å². The number of nitrogens with one attached hydrogen (secondary N) is 2. The second-order valence-electron chi connectivity index (χ2n) is 7.19. The Kier molecular flexibility index (Phi) is 4.23. The molecule has 0 unspecified atom stereocenters. The number of fused-ring (bicyclic) bond motifs is 2. The van der Waals surface area contributed by atoms with Crippen molar-refractivity contribution in [2.24, 2.45) is 0 Å². The third-order valence-electron chi connectivity index (χ3n) is 5.56. The molecule has 0 amide bonds. The molecule has 1 aliphatic heterocycles. The number of nitrogens with zero attached hydrogens (tertiary/aromatic N) is 4. The van der Waals surface area contributed by atoms with Gasteiger partial charge in [-0.05, 0) is 30.4 Å². The first-order chi connectivity index (χ1) is 14.3. The van der Waals surface area contributed by atoms with Gasteiger partial charge in [-0.3, -0.25) is 4.79 Å². The molecule has 1 fully saturated rings. The number of benzene rings is 2. The second-order valence-corrected chi connectivity index (χ2v) is 7.19. The summed E-state index contributed by atoms with van der Waals surface area (Å²) in [4.78, 5) is 30.0. The zero-order valence-corrected chi connectivity index (χ0v) is 15.7. The van der Waals surface area contributed by atoms with E-state index in [1.165, 1.54) is 0 Å². The van der Waals surface area contributed by atoms with E-state index in [9.17, 15) is 9.90 Å².